The average molecular weight is 311 g/mol. The lowest BCUT2D eigenvalue weighted by Gasteiger charge is -2.10. The van der Waals surface area contributed by atoms with Crippen molar-refractivity contribution in [3.05, 3.63) is 29.3 Å². The maximum atomic E-state index is 12.3. The highest BCUT2D eigenvalue weighted by atomic mass is 19.3. The van der Waals surface area contributed by atoms with Crippen molar-refractivity contribution >= 4 is 12.0 Å². The van der Waals surface area contributed by atoms with Gasteiger partial charge in [0, 0.05) is 0 Å². The summed E-state index contributed by atoms with van der Waals surface area (Å²) >= 11 is 0. The van der Waals surface area contributed by atoms with Crippen LogP contribution in [0.4, 0.5) is 8.78 Å². The van der Waals surface area contributed by atoms with Gasteiger partial charge in [-0.05, 0) is 37.6 Å². The fraction of sp³-hybridized carbons (Fsp3) is 0.333. The van der Waals surface area contributed by atoms with E-state index in [0.717, 1.165) is 0 Å². The predicted octanol–water partition coefficient (Wildman–Crippen LogP) is 3.16. The molecule has 0 bridgehead atoms. The number of carbonyl (C=O) groups excluding carboxylic acids is 1. The molecule has 22 heavy (non-hydrogen) atoms. The molecule has 5 nitrogen and oxygen atoms in total. The average Bonchev–Trinajstić information content (AvgIpc) is 2.43. The van der Waals surface area contributed by atoms with Crippen LogP contribution in [0, 0.1) is 11.3 Å². The van der Waals surface area contributed by atoms with E-state index in [2.05, 4.69) is 4.74 Å². The van der Waals surface area contributed by atoms with Crippen LogP contribution >= 0.6 is 0 Å². The summed E-state index contributed by atoms with van der Waals surface area (Å²) in [6, 6.07) is 5.84. The van der Waals surface area contributed by atoms with Crippen LogP contribution in [-0.2, 0) is 9.53 Å². The smallest absolute Gasteiger partial charge is 0.387 e. The highest BCUT2D eigenvalue weighted by Gasteiger charge is 2.14. The summed E-state index contributed by atoms with van der Waals surface area (Å²) in [6.45, 7) is 0.276. The van der Waals surface area contributed by atoms with Gasteiger partial charge in [-0.15, -0.1) is 0 Å². The Morgan fingerprint density at radius 3 is 2.50 bits per heavy atom. The summed E-state index contributed by atoms with van der Waals surface area (Å²) in [4.78, 5) is 11.7. The Labute approximate surface area is 126 Å². The molecule has 1 aromatic rings. The summed E-state index contributed by atoms with van der Waals surface area (Å²) in [5, 5.41) is 8.99. The zero-order chi connectivity index (χ0) is 16.7. The van der Waals surface area contributed by atoms with Gasteiger partial charge in [-0.2, -0.15) is 14.0 Å². The number of esters is 1. The van der Waals surface area contributed by atoms with Gasteiger partial charge in [0.25, 0.3) is 0 Å². The Kier molecular flexibility index (Phi) is 6.32. The summed E-state index contributed by atoms with van der Waals surface area (Å²) in [5.74, 6) is -0.869. The van der Waals surface area contributed by atoms with Crippen molar-refractivity contribution in [2.75, 3.05) is 7.11 Å². The number of alkyl halides is 2. The highest BCUT2D eigenvalue weighted by molar-refractivity contribution is 5.98. The van der Waals surface area contributed by atoms with Gasteiger partial charge in [0.1, 0.15) is 11.6 Å². The lowest BCUT2D eigenvalue weighted by atomic mass is 10.1. The molecule has 0 saturated carbocycles. The minimum absolute atomic E-state index is 0.112. The second kappa shape index (κ2) is 7.98. The van der Waals surface area contributed by atoms with Gasteiger partial charge in [-0.1, -0.05) is 6.07 Å². The van der Waals surface area contributed by atoms with E-state index in [1.807, 2.05) is 0 Å². The molecule has 0 aromatic heterocycles. The van der Waals surface area contributed by atoms with E-state index in [0.29, 0.717) is 5.56 Å². The molecule has 0 spiro atoms. The molecule has 1 aromatic carbocycles. The number of nitrogens with zero attached hydrogens (tertiary/aromatic N) is 1. The summed E-state index contributed by atoms with van der Waals surface area (Å²) < 4.78 is 38.8. The molecule has 0 heterocycles. The van der Waals surface area contributed by atoms with Gasteiger partial charge in [0.15, 0.2) is 11.5 Å². The highest BCUT2D eigenvalue weighted by Crippen LogP contribution is 2.30. The third-order valence-corrected chi connectivity index (χ3v) is 2.40. The normalized spacial score (nSPS) is 11.3. The van der Waals surface area contributed by atoms with Gasteiger partial charge in [0.2, 0.25) is 0 Å². The molecule has 0 fully saturated rings. The molecule has 0 N–H and O–H groups in total. The van der Waals surface area contributed by atoms with Gasteiger partial charge >= 0.3 is 12.6 Å². The molecule has 0 radical (unpaired) electrons. The van der Waals surface area contributed by atoms with Crippen LogP contribution < -0.4 is 9.47 Å². The second-order valence-corrected chi connectivity index (χ2v) is 4.41. The molecule has 0 amide bonds. The monoisotopic (exact) mass is 311 g/mol. The zero-order valence-corrected chi connectivity index (χ0v) is 12.3. The molecule has 118 valence electrons. The Balaban J connectivity index is 3.12. The van der Waals surface area contributed by atoms with Crippen molar-refractivity contribution in [1.29, 1.82) is 5.26 Å². The first kappa shape index (κ1) is 17.4. The summed E-state index contributed by atoms with van der Waals surface area (Å²) in [6.07, 6.45) is 0.848. The SMILES string of the molecule is COc1ccc(/C=C(\C#N)C(=O)OC(C)C)cc1OC(F)F. The number of hydrogen-bond acceptors (Lipinski definition) is 5. The summed E-state index contributed by atoms with van der Waals surface area (Å²) in [5.41, 5.74) is 0.0792. The van der Waals surface area contributed by atoms with E-state index >= 15 is 0 Å². The van der Waals surface area contributed by atoms with Crippen molar-refractivity contribution in [3.63, 3.8) is 0 Å². The van der Waals surface area contributed by atoms with Crippen molar-refractivity contribution in [3.8, 4) is 17.6 Å². The number of halogens is 2. The van der Waals surface area contributed by atoms with Gasteiger partial charge in [-0.3, -0.25) is 0 Å². The Morgan fingerprint density at radius 1 is 1.32 bits per heavy atom. The standard InChI is InChI=1S/C15H15F2NO4/c1-9(2)21-14(19)11(8-18)6-10-4-5-12(20-3)13(7-10)22-15(16)17/h4-7,9,15H,1-3H3/b11-6+. The molecule has 0 atom stereocenters. The van der Waals surface area contributed by atoms with Gasteiger partial charge < -0.3 is 14.2 Å². The van der Waals surface area contributed by atoms with E-state index in [-0.39, 0.29) is 23.2 Å². The fourth-order valence-electron chi connectivity index (χ4n) is 1.55. The van der Waals surface area contributed by atoms with E-state index in [1.54, 1.807) is 19.9 Å². The van der Waals surface area contributed by atoms with Crippen LogP contribution in [0.2, 0.25) is 0 Å². The molecular weight excluding hydrogens is 296 g/mol. The number of benzene rings is 1. The number of rotatable bonds is 6. The number of methoxy groups -OCH3 is 1. The van der Waals surface area contributed by atoms with Crippen LogP contribution in [0.5, 0.6) is 11.5 Å². The Bertz CT molecular complexity index is 606. The van der Waals surface area contributed by atoms with Crippen molar-refractivity contribution < 1.29 is 27.8 Å². The number of hydrogen-bond donors (Lipinski definition) is 0. The molecule has 0 aliphatic heterocycles. The molecule has 0 unspecified atom stereocenters. The third kappa shape index (κ3) is 5.05. The van der Waals surface area contributed by atoms with Crippen LogP contribution in [0.1, 0.15) is 19.4 Å². The van der Waals surface area contributed by atoms with Crippen molar-refractivity contribution in [2.24, 2.45) is 0 Å². The van der Waals surface area contributed by atoms with Gasteiger partial charge in [0.05, 0.1) is 13.2 Å². The lowest BCUT2D eigenvalue weighted by Crippen LogP contribution is -2.12. The minimum Gasteiger partial charge on any atom is -0.493 e. The first-order chi connectivity index (χ1) is 10.4. The zero-order valence-electron chi connectivity index (χ0n) is 12.3. The number of ether oxygens (including phenoxy) is 3. The van der Waals surface area contributed by atoms with Crippen molar-refractivity contribution in [2.45, 2.75) is 26.6 Å². The van der Waals surface area contributed by atoms with Crippen LogP contribution in [0.25, 0.3) is 6.08 Å². The maximum Gasteiger partial charge on any atom is 0.387 e. The first-order valence-electron chi connectivity index (χ1n) is 6.33. The summed E-state index contributed by atoms with van der Waals surface area (Å²) in [7, 11) is 1.31. The van der Waals surface area contributed by atoms with Gasteiger partial charge in [-0.25, -0.2) is 4.79 Å². The predicted molar refractivity (Wildman–Crippen MR) is 74.4 cm³/mol. The van der Waals surface area contributed by atoms with Crippen LogP contribution in [0.15, 0.2) is 23.8 Å². The molecule has 7 heteroatoms. The minimum atomic E-state index is -3.02. The largest absolute Gasteiger partial charge is 0.493 e. The number of nitriles is 1. The van der Waals surface area contributed by atoms with E-state index < -0.39 is 12.6 Å². The molecular formula is C15H15F2NO4. The van der Waals surface area contributed by atoms with E-state index in [4.69, 9.17) is 14.7 Å². The topological polar surface area (TPSA) is 68.5 Å². The lowest BCUT2D eigenvalue weighted by molar-refractivity contribution is -0.142. The van der Waals surface area contributed by atoms with E-state index in [9.17, 15) is 13.6 Å². The molecule has 0 saturated heterocycles. The number of carbonyl (C=O) groups is 1. The molecule has 1 rings (SSSR count). The van der Waals surface area contributed by atoms with Crippen molar-refractivity contribution in [1.82, 2.24) is 0 Å². The molecule has 0 aliphatic rings. The Morgan fingerprint density at radius 2 is 2.00 bits per heavy atom. The second-order valence-electron chi connectivity index (χ2n) is 4.41. The third-order valence-electron chi connectivity index (χ3n) is 2.40. The fourth-order valence-corrected chi connectivity index (χ4v) is 1.55. The van der Waals surface area contributed by atoms with Crippen LogP contribution in [0.3, 0.4) is 0 Å². The maximum absolute atomic E-state index is 12.3. The molecule has 0 aliphatic carbocycles. The quantitative estimate of drug-likeness (QED) is 0.458. The van der Waals surface area contributed by atoms with Crippen LogP contribution in [-0.4, -0.2) is 25.8 Å². The Hall–Kier alpha value is -2.62. The first-order valence-corrected chi connectivity index (χ1v) is 6.33. The van der Waals surface area contributed by atoms with E-state index in [1.165, 1.54) is 31.4 Å².